The van der Waals surface area contributed by atoms with Crippen LogP contribution in [0, 0.1) is 0 Å². The SMILES string of the molecule is CN(Cc1ccsc1)C(=O)COC(=O)c1cccc(S(=O)(=O)N(C)c2cccc(Cl)c2)c1. The molecule has 2 aromatic carbocycles. The molecule has 32 heavy (non-hydrogen) atoms. The number of halogens is 1. The maximum Gasteiger partial charge on any atom is 0.338 e. The van der Waals surface area contributed by atoms with Gasteiger partial charge < -0.3 is 9.64 Å². The fraction of sp³-hybridized carbons (Fsp3) is 0.182. The second-order valence-corrected chi connectivity index (χ2v) is 10.1. The van der Waals surface area contributed by atoms with Gasteiger partial charge in [0.25, 0.3) is 15.9 Å². The van der Waals surface area contributed by atoms with Crippen LogP contribution < -0.4 is 4.31 Å². The molecule has 0 aliphatic rings. The molecule has 0 radical (unpaired) electrons. The fourth-order valence-electron chi connectivity index (χ4n) is 2.82. The Kier molecular flexibility index (Phi) is 7.55. The number of rotatable bonds is 8. The van der Waals surface area contributed by atoms with Gasteiger partial charge >= 0.3 is 5.97 Å². The van der Waals surface area contributed by atoms with Crippen molar-refractivity contribution in [3.8, 4) is 0 Å². The zero-order valence-corrected chi connectivity index (χ0v) is 19.8. The second kappa shape index (κ2) is 10.2. The van der Waals surface area contributed by atoms with Gasteiger partial charge in [-0.2, -0.15) is 11.3 Å². The number of ether oxygens (including phenoxy) is 1. The van der Waals surface area contributed by atoms with Crippen LogP contribution >= 0.6 is 22.9 Å². The van der Waals surface area contributed by atoms with Gasteiger partial charge in [0.15, 0.2) is 6.61 Å². The molecule has 0 unspecified atom stereocenters. The van der Waals surface area contributed by atoms with E-state index in [0.29, 0.717) is 17.3 Å². The highest BCUT2D eigenvalue weighted by molar-refractivity contribution is 7.92. The van der Waals surface area contributed by atoms with Gasteiger partial charge in [0.05, 0.1) is 16.1 Å². The number of anilines is 1. The van der Waals surface area contributed by atoms with Crippen LogP contribution in [-0.4, -0.2) is 45.9 Å². The minimum Gasteiger partial charge on any atom is -0.452 e. The van der Waals surface area contributed by atoms with Gasteiger partial charge in [0.1, 0.15) is 0 Å². The summed E-state index contributed by atoms with van der Waals surface area (Å²) < 4.78 is 32.2. The summed E-state index contributed by atoms with van der Waals surface area (Å²) in [6.07, 6.45) is 0. The number of carbonyl (C=O) groups is 2. The molecule has 0 atom stereocenters. The van der Waals surface area contributed by atoms with Crippen LogP contribution in [0.1, 0.15) is 15.9 Å². The van der Waals surface area contributed by atoms with Crippen molar-refractivity contribution in [2.45, 2.75) is 11.4 Å². The number of benzene rings is 2. The lowest BCUT2D eigenvalue weighted by atomic mass is 10.2. The number of hydrogen-bond acceptors (Lipinski definition) is 6. The van der Waals surface area contributed by atoms with E-state index in [4.69, 9.17) is 16.3 Å². The van der Waals surface area contributed by atoms with Crippen molar-refractivity contribution in [1.82, 2.24) is 4.90 Å². The number of sulfonamides is 1. The number of esters is 1. The number of amides is 1. The van der Waals surface area contributed by atoms with Gasteiger partial charge in [-0.25, -0.2) is 13.2 Å². The predicted molar refractivity (Wildman–Crippen MR) is 125 cm³/mol. The minimum absolute atomic E-state index is 0.0267. The lowest BCUT2D eigenvalue weighted by Gasteiger charge is -2.20. The molecule has 0 spiro atoms. The van der Waals surface area contributed by atoms with Crippen molar-refractivity contribution in [1.29, 1.82) is 0 Å². The fourth-order valence-corrected chi connectivity index (χ4v) is 4.90. The van der Waals surface area contributed by atoms with Gasteiger partial charge in [-0.15, -0.1) is 0 Å². The van der Waals surface area contributed by atoms with E-state index in [9.17, 15) is 18.0 Å². The topological polar surface area (TPSA) is 84.0 Å². The van der Waals surface area contributed by atoms with Crippen molar-refractivity contribution in [3.05, 3.63) is 81.5 Å². The van der Waals surface area contributed by atoms with Crippen molar-refractivity contribution in [3.63, 3.8) is 0 Å². The van der Waals surface area contributed by atoms with Gasteiger partial charge in [0, 0.05) is 25.7 Å². The van der Waals surface area contributed by atoms with Gasteiger partial charge in [-0.1, -0.05) is 23.7 Å². The molecule has 1 heterocycles. The first-order valence-corrected chi connectivity index (χ1v) is 12.2. The molecule has 0 aliphatic carbocycles. The van der Waals surface area contributed by atoms with E-state index >= 15 is 0 Å². The molecule has 1 amide bonds. The van der Waals surface area contributed by atoms with E-state index in [1.165, 1.54) is 53.6 Å². The van der Waals surface area contributed by atoms with Crippen molar-refractivity contribution in [2.24, 2.45) is 0 Å². The lowest BCUT2D eigenvalue weighted by molar-refractivity contribution is -0.133. The normalized spacial score (nSPS) is 11.1. The number of thiophene rings is 1. The van der Waals surface area contributed by atoms with Crippen molar-refractivity contribution >= 4 is 50.5 Å². The third-order valence-corrected chi connectivity index (χ3v) is 7.40. The van der Waals surface area contributed by atoms with Gasteiger partial charge in [-0.05, 0) is 58.8 Å². The molecular weight excluding hydrogens is 472 g/mol. The average Bonchev–Trinajstić information content (AvgIpc) is 3.29. The summed E-state index contributed by atoms with van der Waals surface area (Å²) in [4.78, 5) is 26.0. The Bertz CT molecular complexity index is 1210. The van der Waals surface area contributed by atoms with E-state index in [1.54, 1.807) is 25.2 Å². The summed E-state index contributed by atoms with van der Waals surface area (Å²) in [5, 5.41) is 4.25. The predicted octanol–water partition coefficient (Wildman–Crippen LogP) is 4.04. The van der Waals surface area contributed by atoms with E-state index in [1.807, 2.05) is 16.8 Å². The summed E-state index contributed by atoms with van der Waals surface area (Å²) >= 11 is 7.49. The lowest BCUT2D eigenvalue weighted by Crippen LogP contribution is -2.30. The first-order valence-electron chi connectivity index (χ1n) is 9.45. The van der Waals surface area contributed by atoms with E-state index < -0.39 is 22.6 Å². The zero-order valence-electron chi connectivity index (χ0n) is 17.4. The largest absolute Gasteiger partial charge is 0.452 e. The molecular formula is C22H21ClN2O5S2. The third-order valence-electron chi connectivity index (χ3n) is 4.65. The summed E-state index contributed by atoms with van der Waals surface area (Å²) in [5.74, 6) is -1.15. The average molecular weight is 493 g/mol. The van der Waals surface area contributed by atoms with Crippen LogP contribution in [0.4, 0.5) is 5.69 Å². The van der Waals surface area contributed by atoms with Crippen LogP contribution in [0.15, 0.2) is 70.3 Å². The highest BCUT2D eigenvalue weighted by atomic mass is 35.5. The molecule has 10 heteroatoms. The van der Waals surface area contributed by atoms with Crippen LogP contribution in [0.5, 0.6) is 0 Å². The molecule has 3 rings (SSSR count). The molecule has 0 saturated carbocycles. The molecule has 0 bridgehead atoms. The number of nitrogens with zero attached hydrogens (tertiary/aromatic N) is 2. The molecule has 0 aliphatic heterocycles. The summed E-state index contributed by atoms with van der Waals surface area (Å²) in [6.45, 7) is -0.0394. The van der Waals surface area contributed by atoms with Gasteiger partial charge in [-0.3, -0.25) is 9.10 Å². The van der Waals surface area contributed by atoms with Crippen molar-refractivity contribution < 1.29 is 22.7 Å². The quantitative estimate of drug-likeness (QED) is 0.443. The number of carbonyl (C=O) groups excluding carboxylic acids is 2. The molecule has 0 fully saturated rings. The molecule has 3 aromatic rings. The third kappa shape index (κ3) is 5.67. The monoisotopic (exact) mass is 492 g/mol. The van der Waals surface area contributed by atoms with Crippen LogP contribution in [0.2, 0.25) is 5.02 Å². The molecule has 0 N–H and O–H groups in total. The Hall–Kier alpha value is -2.88. The second-order valence-electron chi connectivity index (χ2n) is 6.94. The summed E-state index contributed by atoms with van der Waals surface area (Å²) in [7, 11) is -0.931. The smallest absolute Gasteiger partial charge is 0.338 e. The summed E-state index contributed by atoms with van der Waals surface area (Å²) in [5.41, 5.74) is 1.39. The van der Waals surface area contributed by atoms with Crippen LogP contribution in [0.3, 0.4) is 0 Å². The maximum absolute atomic E-state index is 13.0. The van der Waals surface area contributed by atoms with Gasteiger partial charge in [0.2, 0.25) is 0 Å². The molecule has 1 aromatic heterocycles. The molecule has 168 valence electrons. The number of hydrogen-bond donors (Lipinski definition) is 0. The maximum atomic E-state index is 13.0. The Morgan fingerprint density at radius 1 is 1.06 bits per heavy atom. The van der Waals surface area contributed by atoms with E-state index in [-0.39, 0.29) is 16.4 Å². The molecule has 0 saturated heterocycles. The molecule has 7 nitrogen and oxygen atoms in total. The van der Waals surface area contributed by atoms with Crippen LogP contribution in [0.25, 0.3) is 0 Å². The van der Waals surface area contributed by atoms with E-state index in [2.05, 4.69) is 0 Å². The Morgan fingerprint density at radius 3 is 2.50 bits per heavy atom. The first-order chi connectivity index (χ1) is 15.2. The Morgan fingerprint density at radius 2 is 1.81 bits per heavy atom. The summed E-state index contributed by atoms with van der Waals surface area (Å²) in [6, 6.07) is 13.8. The standard InChI is InChI=1S/C22H21ClN2O5S2/c1-24(13-16-9-10-31-15-16)21(26)14-30-22(27)17-5-3-8-20(11-17)32(28,29)25(2)19-7-4-6-18(23)12-19/h3-12,15H,13-14H2,1-2H3. The zero-order chi connectivity index (χ0) is 23.3. The van der Waals surface area contributed by atoms with E-state index in [0.717, 1.165) is 9.87 Å². The Balaban J connectivity index is 1.68. The number of likely N-dealkylation sites (N-methyl/N-ethyl adjacent to an activating group) is 1. The highest BCUT2D eigenvalue weighted by Gasteiger charge is 2.23. The Labute approximate surface area is 195 Å². The first kappa shape index (κ1) is 23.8. The highest BCUT2D eigenvalue weighted by Crippen LogP contribution is 2.25. The van der Waals surface area contributed by atoms with Crippen molar-refractivity contribution in [2.75, 3.05) is 25.0 Å². The minimum atomic E-state index is -3.95. The van der Waals surface area contributed by atoms with Crippen LogP contribution in [-0.2, 0) is 26.1 Å².